The molecule has 0 saturated carbocycles. The van der Waals surface area contributed by atoms with E-state index in [9.17, 15) is 28.8 Å². The molecular formula is C38H52N6O8. The van der Waals surface area contributed by atoms with E-state index in [-0.39, 0.29) is 45.5 Å². The molecule has 14 heteroatoms. The number of alkyl carbamates (subject to hydrolysis) is 1. The smallest absolute Gasteiger partial charge is 0.410 e. The first-order valence-corrected chi connectivity index (χ1v) is 17.8. The van der Waals surface area contributed by atoms with Crippen molar-refractivity contribution in [3.8, 4) is 0 Å². The maximum absolute atomic E-state index is 14.3. The number of benzene rings is 2. The number of hydrogen-bond acceptors (Lipinski definition) is 8. The highest BCUT2D eigenvalue weighted by Crippen LogP contribution is 2.30. The average Bonchev–Trinajstić information content (AvgIpc) is 3.51. The van der Waals surface area contributed by atoms with Gasteiger partial charge in [-0.25, -0.2) is 9.59 Å². The van der Waals surface area contributed by atoms with E-state index in [1.54, 1.807) is 20.8 Å². The highest BCUT2D eigenvalue weighted by atomic mass is 16.6. The van der Waals surface area contributed by atoms with Crippen molar-refractivity contribution in [3.05, 3.63) is 71.3 Å². The number of nitrogens with two attached hydrogens (primary N) is 1. The molecule has 0 bridgehead atoms. The molecule has 2 saturated heterocycles. The van der Waals surface area contributed by atoms with Gasteiger partial charge in [-0.1, -0.05) is 68.4 Å². The standard InChI is InChI=1S/C38H52N6O8/c1-24(2)27-13-11-25(12-14-27)21-40-33(46)29(16-18-32(39)45)41-34(47)31-17-15-28-19-20-43(37(50)51-23-26-9-7-6-8-10-26)22-30(35(48)44(28)31)42-36(49)52-38(3,4)5/h6-14,24,28-31H,15-23H2,1-5H3,(H2,39,45)(H,40,46)(H,41,47)(H,42,49)/t28-,29+,30+,31+/m1/s1. The fraction of sp³-hybridized carbons (Fsp3) is 0.526. The summed E-state index contributed by atoms with van der Waals surface area (Å²) in [6.07, 6.45) is -0.597. The molecule has 14 nitrogen and oxygen atoms in total. The average molecular weight is 721 g/mol. The van der Waals surface area contributed by atoms with Crippen molar-refractivity contribution >= 4 is 35.8 Å². The Labute approximate surface area is 305 Å². The van der Waals surface area contributed by atoms with Gasteiger partial charge < -0.3 is 41.0 Å². The number of ether oxygens (including phenoxy) is 2. The Morgan fingerprint density at radius 3 is 2.27 bits per heavy atom. The molecule has 0 aliphatic carbocycles. The Hall–Kier alpha value is -5.14. The predicted octanol–water partition coefficient (Wildman–Crippen LogP) is 3.47. The van der Waals surface area contributed by atoms with Crippen LogP contribution in [-0.4, -0.2) is 88.5 Å². The van der Waals surface area contributed by atoms with Crippen LogP contribution in [0.1, 0.15) is 89.3 Å². The lowest BCUT2D eigenvalue weighted by atomic mass is 10.0. The zero-order valence-electron chi connectivity index (χ0n) is 30.7. The second-order valence-corrected chi connectivity index (χ2v) is 14.6. The van der Waals surface area contributed by atoms with E-state index in [1.165, 1.54) is 9.80 Å². The van der Waals surface area contributed by atoms with Gasteiger partial charge in [-0.3, -0.25) is 19.2 Å². The van der Waals surface area contributed by atoms with Crippen molar-refractivity contribution in [1.29, 1.82) is 0 Å². The molecule has 0 spiro atoms. The molecule has 5 N–H and O–H groups in total. The Morgan fingerprint density at radius 2 is 1.63 bits per heavy atom. The minimum atomic E-state index is -1.26. The van der Waals surface area contributed by atoms with Gasteiger partial charge in [-0.15, -0.1) is 0 Å². The second-order valence-electron chi connectivity index (χ2n) is 14.6. The fourth-order valence-corrected chi connectivity index (χ4v) is 6.32. The van der Waals surface area contributed by atoms with Crippen LogP contribution in [0.25, 0.3) is 0 Å². The Kier molecular flexibility index (Phi) is 13.6. The molecule has 0 radical (unpaired) electrons. The molecule has 2 aliphatic rings. The van der Waals surface area contributed by atoms with Gasteiger partial charge >= 0.3 is 12.2 Å². The first kappa shape index (κ1) is 39.6. The summed E-state index contributed by atoms with van der Waals surface area (Å²) < 4.78 is 11.0. The third-order valence-electron chi connectivity index (χ3n) is 9.07. The molecule has 2 heterocycles. The SMILES string of the molecule is CC(C)c1ccc(CNC(=O)[C@H](CCC(N)=O)NC(=O)[C@@H]2CC[C@@H]3CCN(C(=O)OCc4ccccc4)C[C@H](NC(=O)OC(C)(C)C)C(=O)N32)cc1. The number of nitrogens with zero attached hydrogens (tertiary/aromatic N) is 2. The minimum absolute atomic E-state index is 0.0288. The molecule has 2 aliphatic heterocycles. The maximum Gasteiger partial charge on any atom is 0.410 e. The molecule has 2 aromatic carbocycles. The molecule has 2 fully saturated rings. The van der Waals surface area contributed by atoms with Crippen molar-refractivity contribution in [2.45, 2.75) is 116 Å². The summed E-state index contributed by atoms with van der Waals surface area (Å²) in [6.45, 7) is 9.45. The van der Waals surface area contributed by atoms with E-state index in [0.717, 1.165) is 16.7 Å². The van der Waals surface area contributed by atoms with Crippen LogP contribution in [0.2, 0.25) is 0 Å². The third-order valence-corrected chi connectivity index (χ3v) is 9.07. The van der Waals surface area contributed by atoms with Crippen LogP contribution in [0.3, 0.4) is 0 Å². The molecule has 6 amide bonds. The number of carbonyl (C=O) groups excluding carboxylic acids is 6. The summed E-state index contributed by atoms with van der Waals surface area (Å²) in [7, 11) is 0. The normalized spacial score (nSPS) is 19.5. The number of nitrogens with one attached hydrogen (secondary N) is 3. The van der Waals surface area contributed by atoms with Gasteiger partial charge in [0.1, 0.15) is 30.3 Å². The maximum atomic E-state index is 14.3. The molecule has 52 heavy (non-hydrogen) atoms. The van der Waals surface area contributed by atoms with Crippen molar-refractivity contribution < 1.29 is 38.2 Å². The molecule has 4 atom stereocenters. The fourth-order valence-electron chi connectivity index (χ4n) is 6.32. The topological polar surface area (TPSA) is 189 Å². The summed E-state index contributed by atoms with van der Waals surface area (Å²) in [5, 5.41) is 8.21. The molecular weight excluding hydrogens is 668 g/mol. The molecule has 282 valence electrons. The van der Waals surface area contributed by atoms with Crippen molar-refractivity contribution in [3.63, 3.8) is 0 Å². The van der Waals surface area contributed by atoms with Crippen LogP contribution in [0, 0.1) is 0 Å². The molecule has 4 rings (SSSR count). The first-order chi connectivity index (χ1) is 24.6. The summed E-state index contributed by atoms with van der Waals surface area (Å²) in [5.41, 5.74) is 7.35. The van der Waals surface area contributed by atoms with Crippen LogP contribution in [0.5, 0.6) is 0 Å². The Morgan fingerprint density at radius 1 is 0.942 bits per heavy atom. The van der Waals surface area contributed by atoms with E-state index < -0.39 is 65.6 Å². The van der Waals surface area contributed by atoms with E-state index in [2.05, 4.69) is 29.8 Å². The number of rotatable bonds is 12. The largest absolute Gasteiger partial charge is 0.445 e. The minimum Gasteiger partial charge on any atom is -0.445 e. The monoisotopic (exact) mass is 720 g/mol. The third kappa shape index (κ3) is 11.4. The van der Waals surface area contributed by atoms with Gasteiger partial charge in [-0.05, 0) is 69.1 Å². The van der Waals surface area contributed by atoms with Gasteiger partial charge in [0.2, 0.25) is 23.6 Å². The lowest BCUT2D eigenvalue weighted by molar-refractivity contribution is -0.144. The number of carbonyl (C=O) groups is 6. The second kappa shape index (κ2) is 17.9. The number of fused-ring (bicyclic) bond motifs is 1. The van der Waals surface area contributed by atoms with E-state index in [1.807, 2.05) is 54.6 Å². The Balaban J connectivity index is 1.49. The van der Waals surface area contributed by atoms with Crippen LogP contribution in [0.15, 0.2) is 54.6 Å². The van der Waals surface area contributed by atoms with Gasteiger partial charge in [0.25, 0.3) is 0 Å². The Bertz CT molecular complexity index is 1580. The zero-order valence-corrected chi connectivity index (χ0v) is 30.7. The van der Waals surface area contributed by atoms with Gasteiger partial charge in [0, 0.05) is 25.6 Å². The van der Waals surface area contributed by atoms with E-state index >= 15 is 0 Å². The summed E-state index contributed by atoms with van der Waals surface area (Å²) in [5.74, 6) is -1.91. The van der Waals surface area contributed by atoms with Gasteiger partial charge in [0.15, 0.2) is 0 Å². The highest BCUT2D eigenvalue weighted by Gasteiger charge is 2.46. The predicted molar refractivity (Wildman–Crippen MR) is 192 cm³/mol. The van der Waals surface area contributed by atoms with E-state index in [0.29, 0.717) is 18.8 Å². The van der Waals surface area contributed by atoms with Crippen molar-refractivity contribution in [1.82, 2.24) is 25.8 Å². The van der Waals surface area contributed by atoms with Crippen molar-refractivity contribution in [2.75, 3.05) is 13.1 Å². The number of primary amides is 1. The van der Waals surface area contributed by atoms with Gasteiger partial charge in [-0.2, -0.15) is 0 Å². The summed E-state index contributed by atoms with van der Waals surface area (Å²) in [6, 6.07) is 13.2. The van der Waals surface area contributed by atoms with Crippen LogP contribution < -0.4 is 21.7 Å². The summed E-state index contributed by atoms with van der Waals surface area (Å²) in [4.78, 5) is 82.2. The molecule has 2 aromatic rings. The van der Waals surface area contributed by atoms with Crippen LogP contribution in [0.4, 0.5) is 9.59 Å². The number of hydrogen-bond donors (Lipinski definition) is 4. The number of amides is 6. The highest BCUT2D eigenvalue weighted by molar-refractivity contribution is 5.95. The molecule has 0 aromatic heterocycles. The lowest BCUT2D eigenvalue weighted by Gasteiger charge is -2.38. The lowest BCUT2D eigenvalue weighted by Crippen LogP contribution is -2.62. The summed E-state index contributed by atoms with van der Waals surface area (Å²) >= 11 is 0. The van der Waals surface area contributed by atoms with Crippen LogP contribution >= 0.6 is 0 Å². The molecule has 0 unspecified atom stereocenters. The van der Waals surface area contributed by atoms with Gasteiger partial charge in [0.05, 0.1) is 6.54 Å². The first-order valence-electron chi connectivity index (χ1n) is 17.8. The van der Waals surface area contributed by atoms with Crippen molar-refractivity contribution in [2.24, 2.45) is 5.73 Å². The van der Waals surface area contributed by atoms with E-state index in [4.69, 9.17) is 15.2 Å². The quantitative estimate of drug-likeness (QED) is 0.256. The zero-order chi connectivity index (χ0) is 38.0. The van der Waals surface area contributed by atoms with Crippen LogP contribution in [-0.2, 0) is 41.8 Å².